The van der Waals surface area contributed by atoms with Gasteiger partial charge < -0.3 is 4.90 Å². The minimum absolute atomic E-state index is 0.485. The topological polar surface area (TPSA) is 33.2 Å². The van der Waals surface area contributed by atoms with Crippen LogP contribution >= 0.6 is 0 Å². The summed E-state index contributed by atoms with van der Waals surface area (Å²) in [7, 11) is 3.58. The first-order valence-corrected chi connectivity index (χ1v) is 3.92. The van der Waals surface area contributed by atoms with E-state index in [0.29, 0.717) is 5.70 Å². The van der Waals surface area contributed by atoms with Gasteiger partial charge >= 0.3 is 0 Å². The Morgan fingerprint density at radius 1 is 1.54 bits per heavy atom. The molecule has 0 aliphatic carbocycles. The maximum absolute atomic E-state index is 10.5. The Bertz CT molecular complexity index is 304. The fraction of sp³-hybridized carbons (Fsp3) is 0.200. The maximum atomic E-state index is 10.5. The average molecular weight is 175 g/mol. The number of hydrogen-bond donors (Lipinski definition) is 0. The number of nitrogens with zero attached hydrogens (tertiary/aromatic N) is 2. The molecule has 3 heteroatoms. The first-order valence-electron chi connectivity index (χ1n) is 3.92. The summed E-state index contributed by atoms with van der Waals surface area (Å²) in [4.78, 5) is 16.3. The largest absolute Gasteiger partial charge is 0.374 e. The normalized spacial score (nSPS) is 11.1. The molecule has 1 heterocycles. The standard InChI is InChI=1S/C10H11N2O/c1-12(2)10(8-13)7-9-5-3-4-6-11-9/h3-7H,1-2H3. The maximum Gasteiger partial charge on any atom is 0.251 e. The highest BCUT2D eigenvalue weighted by Gasteiger charge is 1.98. The molecular weight excluding hydrogens is 164 g/mol. The smallest absolute Gasteiger partial charge is 0.251 e. The first kappa shape index (κ1) is 9.45. The molecule has 0 spiro atoms. The second kappa shape index (κ2) is 4.40. The average Bonchev–Trinajstić information content (AvgIpc) is 2.15. The monoisotopic (exact) mass is 175 g/mol. The van der Waals surface area contributed by atoms with E-state index in [0.717, 1.165) is 5.69 Å². The lowest BCUT2D eigenvalue weighted by atomic mass is 10.3. The van der Waals surface area contributed by atoms with Crippen LogP contribution in [0.3, 0.4) is 0 Å². The lowest BCUT2D eigenvalue weighted by molar-refractivity contribution is 0.508. The fourth-order valence-corrected chi connectivity index (χ4v) is 0.851. The highest BCUT2D eigenvalue weighted by atomic mass is 16.1. The number of hydrogen-bond acceptors (Lipinski definition) is 3. The molecule has 1 radical (unpaired) electrons. The molecule has 1 aromatic heterocycles. The highest BCUT2D eigenvalue weighted by molar-refractivity contribution is 5.80. The highest BCUT2D eigenvalue weighted by Crippen LogP contribution is 2.02. The van der Waals surface area contributed by atoms with E-state index < -0.39 is 0 Å². The third kappa shape index (κ3) is 2.71. The molecule has 0 saturated carbocycles. The van der Waals surface area contributed by atoms with Crippen molar-refractivity contribution in [1.29, 1.82) is 0 Å². The minimum Gasteiger partial charge on any atom is -0.374 e. The molecule has 0 aromatic carbocycles. The van der Waals surface area contributed by atoms with Crippen LogP contribution < -0.4 is 0 Å². The minimum atomic E-state index is 0.485. The summed E-state index contributed by atoms with van der Waals surface area (Å²) < 4.78 is 0. The summed E-state index contributed by atoms with van der Waals surface area (Å²) in [5, 5.41) is 0. The van der Waals surface area contributed by atoms with Crippen molar-refractivity contribution < 1.29 is 4.79 Å². The Morgan fingerprint density at radius 2 is 2.31 bits per heavy atom. The van der Waals surface area contributed by atoms with Crippen LogP contribution in [0.5, 0.6) is 0 Å². The summed E-state index contributed by atoms with van der Waals surface area (Å²) in [5.74, 6) is 0. The molecule has 1 aromatic rings. The van der Waals surface area contributed by atoms with E-state index in [1.54, 1.807) is 31.3 Å². The van der Waals surface area contributed by atoms with Crippen LogP contribution in [0.1, 0.15) is 5.69 Å². The molecule has 0 amide bonds. The fourth-order valence-electron chi connectivity index (χ4n) is 0.851. The van der Waals surface area contributed by atoms with Crippen molar-refractivity contribution in [2.24, 2.45) is 0 Å². The SMILES string of the molecule is CN(C)C([C]=O)=Cc1ccccn1. The number of rotatable bonds is 3. The third-order valence-corrected chi connectivity index (χ3v) is 1.56. The van der Waals surface area contributed by atoms with E-state index in [2.05, 4.69) is 4.98 Å². The Labute approximate surface area is 77.7 Å². The van der Waals surface area contributed by atoms with Gasteiger partial charge in [-0.05, 0) is 18.2 Å². The quantitative estimate of drug-likeness (QED) is 0.645. The molecular formula is C10H11N2O. The van der Waals surface area contributed by atoms with Crippen LogP contribution in [-0.2, 0) is 4.79 Å². The molecule has 3 nitrogen and oxygen atoms in total. The molecule has 0 unspecified atom stereocenters. The predicted molar refractivity (Wildman–Crippen MR) is 51.6 cm³/mol. The molecule has 0 saturated heterocycles. The third-order valence-electron chi connectivity index (χ3n) is 1.56. The van der Waals surface area contributed by atoms with E-state index in [1.165, 1.54) is 0 Å². The van der Waals surface area contributed by atoms with Crippen LogP contribution in [-0.4, -0.2) is 30.3 Å². The van der Waals surface area contributed by atoms with Gasteiger partial charge in [0.25, 0.3) is 6.29 Å². The van der Waals surface area contributed by atoms with Crippen molar-refractivity contribution in [2.45, 2.75) is 0 Å². The van der Waals surface area contributed by atoms with Gasteiger partial charge in [0, 0.05) is 20.3 Å². The molecule has 13 heavy (non-hydrogen) atoms. The van der Waals surface area contributed by atoms with E-state index in [-0.39, 0.29) is 0 Å². The zero-order valence-corrected chi connectivity index (χ0v) is 7.69. The van der Waals surface area contributed by atoms with Gasteiger partial charge in [-0.2, -0.15) is 0 Å². The van der Waals surface area contributed by atoms with Gasteiger partial charge in [0.1, 0.15) is 0 Å². The van der Waals surface area contributed by atoms with Crippen LogP contribution in [0.4, 0.5) is 0 Å². The lowest BCUT2D eigenvalue weighted by Crippen LogP contribution is -2.11. The van der Waals surface area contributed by atoms with Crippen molar-refractivity contribution in [2.75, 3.05) is 14.1 Å². The molecule has 0 bridgehead atoms. The van der Waals surface area contributed by atoms with E-state index in [4.69, 9.17) is 0 Å². The second-order valence-corrected chi connectivity index (χ2v) is 2.78. The Hall–Kier alpha value is -1.64. The van der Waals surface area contributed by atoms with Crippen LogP contribution in [0.25, 0.3) is 6.08 Å². The molecule has 0 aliphatic rings. The molecule has 0 fully saturated rings. The summed E-state index contributed by atoms with van der Waals surface area (Å²) in [6, 6.07) is 5.54. The number of likely N-dealkylation sites (N-methyl/N-ethyl adjacent to an activating group) is 1. The summed E-state index contributed by atoms with van der Waals surface area (Å²) in [6.07, 6.45) is 5.22. The summed E-state index contributed by atoms with van der Waals surface area (Å²) in [6.45, 7) is 0. The van der Waals surface area contributed by atoms with Crippen molar-refractivity contribution in [3.8, 4) is 0 Å². The number of aromatic nitrogens is 1. The van der Waals surface area contributed by atoms with Gasteiger partial charge in [0.2, 0.25) is 0 Å². The van der Waals surface area contributed by atoms with Gasteiger partial charge in [0.15, 0.2) is 0 Å². The van der Waals surface area contributed by atoms with Crippen LogP contribution in [0, 0.1) is 0 Å². The van der Waals surface area contributed by atoms with Crippen LogP contribution in [0.15, 0.2) is 30.1 Å². The Balaban J connectivity index is 2.92. The number of allylic oxidation sites excluding steroid dienone is 1. The number of pyridine rings is 1. The number of carbonyl (C=O) groups excluding carboxylic acids is 1. The Morgan fingerprint density at radius 3 is 2.77 bits per heavy atom. The summed E-state index contributed by atoms with van der Waals surface area (Å²) >= 11 is 0. The van der Waals surface area contributed by atoms with Gasteiger partial charge in [-0.25, -0.2) is 0 Å². The lowest BCUT2D eigenvalue weighted by Gasteiger charge is -2.09. The molecule has 0 aliphatic heterocycles. The van der Waals surface area contributed by atoms with Crippen LogP contribution in [0.2, 0.25) is 0 Å². The first-order chi connectivity index (χ1) is 6.24. The Kier molecular flexibility index (Phi) is 3.20. The zero-order chi connectivity index (χ0) is 9.68. The summed E-state index contributed by atoms with van der Waals surface area (Å²) in [5.41, 5.74) is 1.24. The van der Waals surface area contributed by atoms with E-state index in [1.807, 2.05) is 24.5 Å². The van der Waals surface area contributed by atoms with E-state index in [9.17, 15) is 4.79 Å². The predicted octanol–water partition coefficient (Wildman–Crippen LogP) is 1.09. The van der Waals surface area contributed by atoms with Gasteiger partial charge in [0.05, 0.1) is 11.4 Å². The van der Waals surface area contributed by atoms with Gasteiger partial charge in [-0.15, -0.1) is 0 Å². The van der Waals surface area contributed by atoms with E-state index >= 15 is 0 Å². The molecule has 0 N–H and O–H groups in total. The van der Waals surface area contributed by atoms with Gasteiger partial charge in [-0.3, -0.25) is 9.78 Å². The van der Waals surface area contributed by atoms with Crippen molar-refractivity contribution in [3.63, 3.8) is 0 Å². The van der Waals surface area contributed by atoms with Crippen molar-refractivity contribution in [1.82, 2.24) is 9.88 Å². The van der Waals surface area contributed by atoms with Crippen molar-refractivity contribution >= 4 is 12.4 Å². The van der Waals surface area contributed by atoms with Crippen molar-refractivity contribution in [3.05, 3.63) is 35.8 Å². The molecule has 0 atom stereocenters. The molecule has 67 valence electrons. The zero-order valence-electron chi connectivity index (χ0n) is 7.69. The molecule has 1 rings (SSSR count). The van der Waals surface area contributed by atoms with Gasteiger partial charge in [-0.1, -0.05) is 6.07 Å². The second-order valence-electron chi connectivity index (χ2n) is 2.78.